The molecular weight excluding hydrogens is 346 g/mol. The normalized spacial score (nSPS) is 11.9. The van der Waals surface area contributed by atoms with Gasteiger partial charge in [-0.1, -0.05) is 0 Å². The number of anilines is 1. The van der Waals surface area contributed by atoms with Crippen molar-refractivity contribution in [1.82, 2.24) is 14.2 Å². The number of nitrogens with zero attached hydrogens (tertiary/aromatic N) is 4. The molecule has 0 fully saturated rings. The molecule has 0 unspecified atom stereocenters. The monoisotopic (exact) mass is 367 g/mol. The molecule has 0 bridgehead atoms. The van der Waals surface area contributed by atoms with E-state index in [9.17, 15) is 13.7 Å². The highest BCUT2D eigenvalue weighted by Gasteiger charge is 2.26. The lowest BCUT2D eigenvalue weighted by molar-refractivity contribution is 0.422. The molecule has 9 nitrogen and oxygen atoms in total. The first-order chi connectivity index (χ1) is 11.7. The maximum absolute atomic E-state index is 12.3. The van der Waals surface area contributed by atoms with Gasteiger partial charge >= 0.3 is 0 Å². The molecule has 2 aromatic rings. The fourth-order valence-corrected chi connectivity index (χ4v) is 3.09. The van der Waals surface area contributed by atoms with Crippen LogP contribution in [0.3, 0.4) is 0 Å². The lowest BCUT2D eigenvalue weighted by Crippen LogP contribution is -2.22. The Morgan fingerprint density at radius 3 is 2.52 bits per heavy atom. The zero-order chi connectivity index (χ0) is 18.8. The van der Waals surface area contributed by atoms with Crippen molar-refractivity contribution in [2.45, 2.75) is 11.8 Å². The second kappa shape index (κ2) is 7.26. The lowest BCUT2D eigenvalue weighted by Gasteiger charge is -2.09. The van der Waals surface area contributed by atoms with E-state index in [4.69, 9.17) is 8.83 Å². The van der Waals surface area contributed by atoms with Crippen LogP contribution in [-0.4, -0.2) is 63.9 Å². The third kappa shape index (κ3) is 4.01. The van der Waals surface area contributed by atoms with Crippen LogP contribution in [-0.2, 0) is 10.0 Å². The van der Waals surface area contributed by atoms with E-state index in [-0.39, 0.29) is 33.9 Å². The van der Waals surface area contributed by atoms with E-state index >= 15 is 0 Å². The summed E-state index contributed by atoms with van der Waals surface area (Å²) in [6.07, 6.45) is 0. The van der Waals surface area contributed by atoms with Crippen LogP contribution in [0.25, 0.3) is 11.7 Å². The van der Waals surface area contributed by atoms with Gasteiger partial charge in [0.25, 0.3) is 5.89 Å². The Kier molecular flexibility index (Phi) is 5.52. The smallest absolute Gasteiger partial charge is 0.266 e. The molecule has 0 saturated heterocycles. The number of likely N-dealkylation sites (N-methyl/N-ethyl adjacent to an activating group) is 1. The Balaban J connectivity index is 2.34. The molecule has 0 aliphatic rings. The van der Waals surface area contributed by atoms with Crippen LogP contribution in [0.15, 0.2) is 19.8 Å². The van der Waals surface area contributed by atoms with Gasteiger partial charge in [-0.2, -0.15) is 10.2 Å². The van der Waals surface area contributed by atoms with Crippen LogP contribution in [0, 0.1) is 18.3 Å². The average molecular weight is 367 g/mol. The van der Waals surface area contributed by atoms with Crippen molar-refractivity contribution in [2.75, 3.05) is 46.6 Å². The van der Waals surface area contributed by atoms with Gasteiger partial charge in [0.05, 0.1) is 0 Å². The summed E-state index contributed by atoms with van der Waals surface area (Å²) in [5.74, 6) is 0.648. The molecule has 1 N–H and O–H groups in total. The molecule has 10 heteroatoms. The molecule has 2 aromatic heterocycles. The Bertz CT molecular complexity index is 890. The Hall–Kier alpha value is -2.35. The molecule has 0 saturated carbocycles. The first-order valence-electron chi connectivity index (χ1n) is 7.49. The molecular formula is C15H21N5O4S. The van der Waals surface area contributed by atoms with Crippen molar-refractivity contribution in [3.05, 3.63) is 17.5 Å². The molecule has 0 aliphatic carbocycles. The molecule has 0 radical (unpaired) electrons. The summed E-state index contributed by atoms with van der Waals surface area (Å²) in [6.45, 7) is 2.85. The summed E-state index contributed by atoms with van der Waals surface area (Å²) in [6, 6.07) is 3.29. The molecule has 0 amide bonds. The number of nitrogens with one attached hydrogen (secondary N) is 1. The fourth-order valence-electron chi connectivity index (χ4n) is 2.04. The van der Waals surface area contributed by atoms with E-state index in [1.165, 1.54) is 20.2 Å². The predicted molar refractivity (Wildman–Crippen MR) is 91.6 cm³/mol. The number of rotatable bonds is 7. The van der Waals surface area contributed by atoms with E-state index in [2.05, 4.69) is 10.3 Å². The quantitative estimate of drug-likeness (QED) is 0.779. The molecule has 0 spiro atoms. The second-order valence-corrected chi connectivity index (χ2v) is 7.98. The van der Waals surface area contributed by atoms with Crippen LogP contribution >= 0.6 is 0 Å². The summed E-state index contributed by atoms with van der Waals surface area (Å²) in [4.78, 5) is 6.08. The third-order valence-electron chi connectivity index (χ3n) is 3.42. The lowest BCUT2D eigenvalue weighted by atomic mass is 10.4. The number of hydrogen-bond acceptors (Lipinski definition) is 8. The highest BCUT2D eigenvalue weighted by atomic mass is 32.2. The number of aryl methyl sites for hydroxylation is 1. The van der Waals surface area contributed by atoms with Gasteiger partial charge in [0.15, 0.2) is 5.76 Å². The fraction of sp³-hybridized carbons (Fsp3) is 0.467. The van der Waals surface area contributed by atoms with E-state index in [1.807, 2.05) is 25.1 Å². The minimum atomic E-state index is -3.64. The van der Waals surface area contributed by atoms with Crippen LogP contribution in [0.2, 0.25) is 0 Å². The molecule has 2 heterocycles. The maximum atomic E-state index is 12.3. The van der Waals surface area contributed by atoms with Crippen molar-refractivity contribution in [3.8, 4) is 17.7 Å². The number of furan rings is 1. The summed E-state index contributed by atoms with van der Waals surface area (Å²) in [5.41, 5.74) is 0.0832. The van der Waals surface area contributed by atoms with E-state index in [1.54, 1.807) is 6.92 Å². The number of oxazole rings is 1. The molecule has 0 aliphatic heterocycles. The largest absolute Gasteiger partial charge is 0.455 e. The van der Waals surface area contributed by atoms with Gasteiger partial charge in [0.2, 0.25) is 21.6 Å². The third-order valence-corrected chi connectivity index (χ3v) is 5.34. The van der Waals surface area contributed by atoms with Gasteiger partial charge in [-0.25, -0.2) is 12.7 Å². The average Bonchev–Trinajstić information content (AvgIpc) is 3.10. The Morgan fingerprint density at radius 2 is 1.96 bits per heavy atom. The maximum Gasteiger partial charge on any atom is 0.266 e. The summed E-state index contributed by atoms with van der Waals surface area (Å²) >= 11 is 0. The number of aromatic nitrogens is 1. The first-order valence-corrected chi connectivity index (χ1v) is 8.93. The van der Waals surface area contributed by atoms with Crippen molar-refractivity contribution in [2.24, 2.45) is 0 Å². The van der Waals surface area contributed by atoms with E-state index in [0.29, 0.717) is 6.54 Å². The van der Waals surface area contributed by atoms with Gasteiger partial charge in [-0.3, -0.25) is 0 Å². The van der Waals surface area contributed by atoms with Crippen LogP contribution in [0.1, 0.15) is 11.5 Å². The summed E-state index contributed by atoms with van der Waals surface area (Å²) in [5, 5.41) is 12.2. The highest BCUT2D eigenvalue weighted by molar-refractivity contribution is 7.89. The number of nitriles is 1. The van der Waals surface area contributed by atoms with E-state index in [0.717, 1.165) is 10.8 Å². The molecule has 25 heavy (non-hydrogen) atoms. The van der Waals surface area contributed by atoms with Crippen LogP contribution in [0.4, 0.5) is 5.88 Å². The topological polar surface area (TPSA) is 116 Å². The minimum absolute atomic E-state index is 0.0336. The van der Waals surface area contributed by atoms with Gasteiger partial charge in [0, 0.05) is 33.3 Å². The molecule has 2 rings (SSSR count). The molecule has 0 aromatic carbocycles. The van der Waals surface area contributed by atoms with Gasteiger partial charge in [0.1, 0.15) is 16.7 Å². The number of sulfonamides is 1. The Labute approximate surface area is 146 Å². The summed E-state index contributed by atoms with van der Waals surface area (Å²) < 4.78 is 36.7. The standard InChI is InChI=1S/C15H21N5O4S/c1-10-13(25(21,22)20(4)5)8-12(23-10)15-18-11(9-16)14(24-15)17-6-7-19(2)3/h8,17H,6-7H2,1-5H3. The molecule has 136 valence electrons. The molecule has 0 atom stereocenters. The van der Waals surface area contributed by atoms with Crippen molar-refractivity contribution >= 4 is 15.9 Å². The van der Waals surface area contributed by atoms with Gasteiger partial charge in [-0.05, 0) is 21.0 Å². The zero-order valence-electron chi connectivity index (χ0n) is 14.8. The Morgan fingerprint density at radius 1 is 1.28 bits per heavy atom. The number of hydrogen-bond donors (Lipinski definition) is 1. The predicted octanol–water partition coefficient (Wildman–Crippen LogP) is 1.34. The van der Waals surface area contributed by atoms with Crippen molar-refractivity contribution in [1.29, 1.82) is 5.26 Å². The second-order valence-electron chi connectivity index (χ2n) is 5.86. The van der Waals surface area contributed by atoms with Crippen LogP contribution < -0.4 is 5.32 Å². The van der Waals surface area contributed by atoms with Gasteiger partial charge in [-0.15, -0.1) is 0 Å². The van der Waals surface area contributed by atoms with E-state index < -0.39 is 10.0 Å². The minimum Gasteiger partial charge on any atom is -0.455 e. The zero-order valence-corrected chi connectivity index (χ0v) is 15.6. The summed E-state index contributed by atoms with van der Waals surface area (Å²) in [7, 11) is 3.09. The SMILES string of the molecule is Cc1oc(-c2nc(C#N)c(NCCN(C)C)o2)cc1S(=O)(=O)N(C)C. The van der Waals surface area contributed by atoms with Crippen molar-refractivity contribution in [3.63, 3.8) is 0 Å². The van der Waals surface area contributed by atoms with Gasteiger partial charge < -0.3 is 19.1 Å². The van der Waals surface area contributed by atoms with Crippen LogP contribution in [0.5, 0.6) is 0 Å². The highest BCUT2D eigenvalue weighted by Crippen LogP contribution is 2.31. The first kappa shape index (κ1) is 19.0. The van der Waals surface area contributed by atoms with Crippen molar-refractivity contribution < 1.29 is 17.3 Å².